The van der Waals surface area contributed by atoms with Gasteiger partial charge >= 0.3 is 0 Å². The Morgan fingerprint density at radius 2 is 1.85 bits per heavy atom. The first-order valence-electron chi connectivity index (χ1n) is 9.67. The first kappa shape index (κ1) is 19.3. The molecule has 2 amide bonds. The molecule has 2 saturated heterocycles. The van der Waals surface area contributed by atoms with Crippen LogP contribution in [0.3, 0.4) is 0 Å². The van der Waals surface area contributed by atoms with Gasteiger partial charge in [0.15, 0.2) is 5.78 Å². The number of ketones is 2. The molecule has 2 atom stereocenters. The molecule has 27 heavy (non-hydrogen) atoms. The quantitative estimate of drug-likeness (QED) is 0.770. The molecule has 2 fully saturated rings. The molecule has 0 spiro atoms. The molecule has 0 aromatic heterocycles. The van der Waals surface area contributed by atoms with Crippen molar-refractivity contribution in [3.05, 3.63) is 35.9 Å². The molecule has 0 radical (unpaired) electrons. The molecule has 0 saturated carbocycles. The van der Waals surface area contributed by atoms with Crippen molar-refractivity contribution in [1.29, 1.82) is 0 Å². The van der Waals surface area contributed by atoms with Crippen molar-refractivity contribution >= 4 is 23.4 Å². The fourth-order valence-corrected chi connectivity index (χ4v) is 3.96. The number of benzene rings is 1. The largest absolute Gasteiger partial charge is 0.300 e. The number of hydrogen-bond acceptors (Lipinski definition) is 4. The highest BCUT2D eigenvalue weighted by atomic mass is 16.2. The monoisotopic (exact) mass is 370 g/mol. The van der Waals surface area contributed by atoms with Crippen LogP contribution in [0.15, 0.2) is 30.3 Å². The minimum absolute atomic E-state index is 0.0227. The summed E-state index contributed by atoms with van der Waals surface area (Å²) in [4.78, 5) is 50.0. The summed E-state index contributed by atoms with van der Waals surface area (Å²) in [5.41, 5.74) is 1.09. The Labute approximate surface area is 159 Å². The van der Waals surface area contributed by atoms with Crippen LogP contribution >= 0.6 is 0 Å². The summed E-state index contributed by atoms with van der Waals surface area (Å²) in [5.74, 6) is -1.00. The number of fused-ring (bicyclic) bond motifs is 1. The molecule has 2 heterocycles. The van der Waals surface area contributed by atoms with Gasteiger partial charge in [-0.15, -0.1) is 0 Å². The lowest BCUT2D eigenvalue weighted by Crippen LogP contribution is -2.59. The average molecular weight is 370 g/mol. The van der Waals surface area contributed by atoms with Gasteiger partial charge in [0.05, 0.1) is 0 Å². The van der Waals surface area contributed by atoms with Gasteiger partial charge in [0.2, 0.25) is 11.8 Å². The van der Waals surface area contributed by atoms with Gasteiger partial charge in [0.1, 0.15) is 11.8 Å². The lowest BCUT2D eigenvalue weighted by Gasteiger charge is -2.42. The van der Waals surface area contributed by atoms with Crippen LogP contribution in [-0.2, 0) is 25.6 Å². The zero-order chi connectivity index (χ0) is 19.4. The molecular formula is C21H26N2O4. The van der Waals surface area contributed by atoms with E-state index in [1.165, 1.54) is 16.9 Å². The SMILES string of the molecule is CC(=O)C1CCCN2C(=O)CCC(CC(=O)CCc3ccccc3)C(=O)N12. The number of amides is 2. The maximum atomic E-state index is 13.1. The number of carbonyl (C=O) groups is 4. The standard InChI is InChI=1S/C21H26N2O4/c1-15(24)19-8-5-13-22-20(26)12-10-17(21(27)23(19)22)14-18(25)11-9-16-6-3-2-4-7-16/h2-4,6-7,17,19H,5,8-14H2,1H3. The third-order valence-corrected chi connectivity index (χ3v) is 5.45. The number of hydrogen-bond donors (Lipinski definition) is 0. The molecule has 1 aromatic rings. The van der Waals surface area contributed by atoms with Crippen molar-refractivity contribution in [1.82, 2.24) is 10.0 Å². The Bertz CT molecular complexity index is 731. The van der Waals surface area contributed by atoms with Gasteiger partial charge in [0.25, 0.3) is 0 Å². The Balaban J connectivity index is 1.68. The Morgan fingerprint density at radius 3 is 2.56 bits per heavy atom. The summed E-state index contributed by atoms with van der Waals surface area (Å²) < 4.78 is 0. The van der Waals surface area contributed by atoms with E-state index in [-0.39, 0.29) is 36.2 Å². The summed E-state index contributed by atoms with van der Waals surface area (Å²) in [6.07, 6.45) is 3.04. The second-order valence-electron chi connectivity index (χ2n) is 7.43. The second-order valence-corrected chi connectivity index (χ2v) is 7.43. The van der Waals surface area contributed by atoms with Crippen LogP contribution in [0.25, 0.3) is 0 Å². The minimum Gasteiger partial charge on any atom is -0.300 e. The maximum Gasteiger partial charge on any atom is 0.245 e. The number of carbonyl (C=O) groups excluding carboxylic acids is 4. The Morgan fingerprint density at radius 1 is 1.11 bits per heavy atom. The summed E-state index contributed by atoms with van der Waals surface area (Å²) in [7, 11) is 0. The van der Waals surface area contributed by atoms with Crippen LogP contribution in [0.5, 0.6) is 0 Å². The zero-order valence-electron chi connectivity index (χ0n) is 15.7. The molecule has 6 heteroatoms. The predicted octanol–water partition coefficient (Wildman–Crippen LogP) is 2.31. The van der Waals surface area contributed by atoms with Crippen LogP contribution < -0.4 is 0 Å². The topological polar surface area (TPSA) is 74.8 Å². The van der Waals surface area contributed by atoms with Gasteiger partial charge in [-0.25, -0.2) is 5.01 Å². The van der Waals surface area contributed by atoms with Crippen LogP contribution in [0.4, 0.5) is 0 Å². The normalized spacial score (nSPS) is 23.0. The van der Waals surface area contributed by atoms with E-state index < -0.39 is 12.0 Å². The van der Waals surface area contributed by atoms with Crippen molar-refractivity contribution in [2.24, 2.45) is 5.92 Å². The van der Waals surface area contributed by atoms with Gasteiger partial charge in [-0.05, 0) is 38.2 Å². The van der Waals surface area contributed by atoms with E-state index in [1.807, 2.05) is 30.3 Å². The summed E-state index contributed by atoms with van der Waals surface area (Å²) in [6.45, 7) is 1.92. The van der Waals surface area contributed by atoms with Crippen LogP contribution in [0.2, 0.25) is 0 Å². The molecular weight excluding hydrogens is 344 g/mol. The highest BCUT2D eigenvalue weighted by Gasteiger charge is 2.43. The first-order chi connectivity index (χ1) is 13.0. The van der Waals surface area contributed by atoms with Crippen molar-refractivity contribution in [2.45, 2.75) is 57.9 Å². The number of nitrogens with zero attached hydrogens (tertiary/aromatic N) is 2. The van der Waals surface area contributed by atoms with E-state index in [9.17, 15) is 19.2 Å². The first-order valence-corrected chi connectivity index (χ1v) is 9.67. The summed E-state index contributed by atoms with van der Waals surface area (Å²) >= 11 is 0. The van der Waals surface area contributed by atoms with Crippen molar-refractivity contribution in [2.75, 3.05) is 6.54 Å². The zero-order valence-corrected chi connectivity index (χ0v) is 15.7. The fourth-order valence-electron chi connectivity index (χ4n) is 3.96. The van der Waals surface area contributed by atoms with E-state index in [4.69, 9.17) is 0 Å². The molecule has 2 aliphatic heterocycles. The molecule has 0 bridgehead atoms. The van der Waals surface area contributed by atoms with Crippen LogP contribution in [-0.4, -0.2) is 46.0 Å². The van der Waals surface area contributed by atoms with Gasteiger partial charge in [-0.2, -0.15) is 0 Å². The van der Waals surface area contributed by atoms with Crippen LogP contribution in [0.1, 0.15) is 51.0 Å². The van der Waals surface area contributed by atoms with Crippen molar-refractivity contribution in [3.63, 3.8) is 0 Å². The van der Waals surface area contributed by atoms with Gasteiger partial charge in [-0.1, -0.05) is 30.3 Å². The number of aryl methyl sites for hydroxylation is 1. The Hall–Kier alpha value is -2.50. The van der Waals surface area contributed by atoms with E-state index in [0.29, 0.717) is 38.6 Å². The Kier molecular flexibility index (Phi) is 6.04. The second kappa shape index (κ2) is 8.46. The van der Waals surface area contributed by atoms with E-state index in [2.05, 4.69) is 0 Å². The van der Waals surface area contributed by atoms with Crippen molar-refractivity contribution < 1.29 is 19.2 Å². The van der Waals surface area contributed by atoms with E-state index >= 15 is 0 Å². The average Bonchev–Trinajstić information content (AvgIpc) is 2.79. The number of Topliss-reactive ketones (excluding diaryl/α,β-unsaturated/α-hetero) is 2. The number of rotatable bonds is 6. The van der Waals surface area contributed by atoms with E-state index in [0.717, 1.165) is 5.56 Å². The highest BCUT2D eigenvalue weighted by molar-refractivity contribution is 5.94. The summed E-state index contributed by atoms with van der Waals surface area (Å²) in [6, 6.07) is 9.18. The molecule has 0 aliphatic carbocycles. The minimum atomic E-state index is -0.588. The predicted molar refractivity (Wildman–Crippen MR) is 99.4 cm³/mol. The van der Waals surface area contributed by atoms with Crippen molar-refractivity contribution in [3.8, 4) is 0 Å². The number of hydrazine groups is 1. The lowest BCUT2D eigenvalue weighted by molar-refractivity contribution is -0.176. The molecule has 0 N–H and O–H groups in total. The third kappa shape index (κ3) is 4.43. The molecule has 3 rings (SSSR count). The van der Waals surface area contributed by atoms with Crippen LogP contribution in [0, 0.1) is 5.92 Å². The lowest BCUT2D eigenvalue weighted by atomic mass is 9.93. The smallest absolute Gasteiger partial charge is 0.245 e. The molecule has 1 aromatic carbocycles. The molecule has 144 valence electrons. The molecule has 2 aliphatic rings. The molecule has 2 unspecified atom stereocenters. The van der Waals surface area contributed by atoms with E-state index in [1.54, 1.807) is 0 Å². The third-order valence-electron chi connectivity index (χ3n) is 5.45. The molecule has 6 nitrogen and oxygen atoms in total. The van der Waals surface area contributed by atoms with Gasteiger partial charge < -0.3 is 0 Å². The highest BCUT2D eigenvalue weighted by Crippen LogP contribution is 2.29. The van der Waals surface area contributed by atoms with Gasteiger partial charge in [-0.3, -0.25) is 24.2 Å². The summed E-state index contributed by atoms with van der Waals surface area (Å²) in [5, 5.41) is 2.79. The maximum absolute atomic E-state index is 13.1. The van der Waals surface area contributed by atoms with Gasteiger partial charge in [0, 0.05) is 31.7 Å². The fraction of sp³-hybridized carbons (Fsp3) is 0.524.